The third kappa shape index (κ3) is 9.66. The number of aromatic nitrogens is 2. The van der Waals surface area contributed by atoms with Gasteiger partial charge < -0.3 is 9.97 Å². The molecule has 0 atom stereocenters. The molecular formula is C24H22Br2CuN4. The Hall–Kier alpha value is -2.18. The minimum Gasteiger partial charge on any atom is -0.360 e. The number of nitrogens with zero attached hydrogens (tertiary/aromatic N) is 2. The van der Waals surface area contributed by atoms with Gasteiger partial charge in [-0.25, -0.2) is 0 Å². The smallest absolute Gasteiger partial charge is 0.0640 e. The summed E-state index contributed by atoms with van der Waals surface area (Å²) < 4.78 is 2.19. The molecule has 2 heterocycles. The van der Waals surface area contributed by atoms with Gasteiger partial charge in [-0.2, -0.15) is 0 Å². The molecule has 0 aliphatic heterocycles. The second kappa shape index (κ2) is 14.0. The first-order chi connectivity index (χ1) is 14.7. The van der Waals surface area contributed by atoms with Gasteiger partial charge in [0.25, 0.3) is 0 Å². The molecule has 0 aliphatic carbocycles. The fourth-order valence-corrected chi connectivity index (χ4v) is 3.06. The van der Waals surface area contributed by atoms with Crippen LogP contribution in [0.1, 0.15) is 22.5 Å². The Kier molecular flexibility index (Phi) is 11.3. The van der Waals surface area contributed by atoms with Crippen LogP contribution in [-0.4, -0.2) is 22.4 Å². The number of aliphatic imine (C=N–C) groups is 2. The summed E-state index contributed by atoms with van der Waals surface area (Å²) in [6.45, 7) is 1.43. The quantitative estimate of drug-likeness (QED) is 0.184. The van der Waals surface area contributed by atoms with Crippen LogP contribution in [-0.2, 0) is 30.2 Å². The molecular weight excluding hydrogens is 568 g/mol. The molecule has 2 aromatic heterocycles. The van der Waals surface area contributed by atoms with Crippen LogP contribution in [0.2, 0.25) is 0 Å². The molecule has 2 aromatic carbocycles. The van der Waals surface area contributed by atoms with E-state index in [9.17, 15) is 0 Å². The van der Waals surface area contributed by atoms with Gasteiger partial charge in [-0.05, 0) is 59.7 Å². The number of hydrogen-bond donors (Lipinski definition) is 2. The van der Waals surface area contributed by atoms with Crippen molar-refractivity contribution in [3.05, 3.63) is 117 Å². The monoisotopic (exact) mass is 587 g/mol. The average Bonchev–Trinajstić information content (AvgIpc) is 3.46. The van der Waals surface area contributed by atoms with Gasteiger partial charge in [0, 0.05) is 50.8 Å². The summed E-state index contributed by atoms with van der Waals surface area (Å²) >= 11 is 6.80. The Morgan fingerprint density at radius 3 is 1.32 bits per heavy atom. The zero-order chi connectivity index (χ0) is 21.0. The molecule has 7 heteroatoms. The molecule has 0 fully saturated rings. The van der Waals surface area contributed by atoms with Crippen LogP contribution in [0.25, 0.3) is 0 Å². The average molecular weight is 590 g/mol. The van der Waals surface area contributed by atoms with Crippen molar-refractivity contribution in [1.29, 1.82) is 0 Å². The molecule has 0 saturated heterocycles. The van der Waals surface area contributed by atoms with Crippen LogP contribution >= 0.6 is 31.9 Å². The molecule has 4 rings (SSSR count). The van der Waals surface area contributed by atoms with Crippen molar-refractivity contribution in [3.63, 3.8) is 0 Å². The molecule has 0 aliphatic rings. The van der Waals surface area contributed by atoms with E-state index in [2.05, 4.69) is 76.1 Å². The first-order valence-corrected chi connectivity index (χ1v) is 11.0. The van der Waals surface area contributed by atoms with E-state index in [-0.39, 0.29) is 17.1 Å². The maximum Gasteiger partial charge on any atom is 0.0640 e. The molecule has 0 saturated carbocycles. The predicted octanol–water partition coefficient (Wildman–Crippen LogP) is 6.79. The van der Waals surface area contributed by atoms with Crippen molar-refractivity contribution >= 4 is 44.3 Å². The van der Waals surface area contributed by atoms with Crippen molar-refractivity contribution in [3.8, 4) is 0 Å². The fourth-order valence-electron chi connectivity index (χ4n) is 2.53. The summed E-state index contributed by atoms with van der Waals surface area (Å²) in [5.74, 6) is 0. The Morgan fingerprint density at radius 1 is 0.613 bits per heavy atom. The van der Waals surface area contributed by atoms with E-state index in [1.54, 1.807) is 0 Å². The van der Waals surface area contributed by atoms with E-state index in [1.807, 2.05) is 73.4 Å². The Morgan fingerprint density at radius 2 is 1.00 bits per heavy atom. The SMILES string of the molecule is Brc1ccc(CN=Cc2ccc[nH]2)cc1.Brc1ccc(CN=Cc2ccc[nH]2)cc1.[Cu]. The van der Waals surface area contributed by atoms with Gasteiger partial charge in [-0.1, -0.05) is 56.1 Å². The van der Waals surface area contributed by atoms with E-state index in [0.29, 0.717) is 13.1 Å². The summed E-state index contributed by atoms with van der Waals surface area (Å²) in [5, 5.41) is 0. The Bertz CT molecular complexity index is 952. The maximum atomic E-state index is 4.34. The summed E-state index contributed by atoms with van der Waals surface area (Å²) in [4.78, 5) is 14.8. The largest absolute Gasteiger partial charge is 0.360 e. The van der Waals surface area contributed by atoms with Gasteiger partial charge in [-0.3, -0.25) is 9.98 Å². The van der Waals surface area contributed by atoms with Gasteiger partial charge in [0.1, 0.15) is 0 Å². The first kappa shape index (κ1) is 25.1. The summed E-state index contributed by atoms with van der Waals surface area (Å²) in [6.07, 6.45) is 7.48. The van der Waals surface area contributed by atoms with Gasteiger partial charge >= 0.3 is 0 Å². The predicted molar refractivity (Wildman–Crippen MR) is 132 cm³/mol. The molecule has 163 valence electrons. The topological polar surface area (TPSA) is 56.3 Å². The van der Waals surface area contributed by atoms with E-state index in [1.165, 1.54) is 11.1 Å². The number of rotatable bonds is 6. The van der Waals surface area contributed by atoms with Gasteiger partial charge in [0.15, 0.2) is 0 Å². The number of halogens is 2. The van der Waals surface area contributed by atoms with E-state index in [0.717, 1.165) is 20.3 Å². The van der Waals surface area contributed by atoms with Crippen LogP contribution in [0.5, 0.6) is 0 Å². The summed E-state index contributed by atoms with van der Waals surface area (Å²) in [5.41, 5.74) is 4.49. The molecule has 0 unspecified atom stereocenters. The van der Waals surface area contributed by atoms with Gasteiger partial charge in [-0.15, -0.1) is 0 Å². The van der Waals surface area contributed by atoms with Crippen molar-refractivity contribution in [1.82, 2.24) is 9.97 Å². The standard InChI is InChI=1S/2C12H11BrN2.Cu/c2*13-11-5-3-10(4-6-11)8-14-9-12-2-1-7-15-12;/h2*1-7,9,15H,8H2;. The summed E-state index contributed by atoms with van der Waals surface area (Å²) in [7, 11) is 0. The van der Waals surface area contributed by atoms with Crippen LogP contribution in [0.3, 0.4) is 0 Å². The van der Waals surface area contributed by atoms with Gasteiger partial charge in [0.2, 0.25) is 0 Å². The number of hydrogen-bond acceptors (Lipinski definition) is 2. The maximum absolute atomic E-state index is 4.34. The molecule has 4 aromatic rings. The van der Waals surface area contributed by atoms with Crippen LogP contribution in [0.15, 0.2) is 104 Å². The van der Waals surface area contributed by atoms with Gasteiger partial charge in [0.05, 0.1) is 24.5 Å². The van der Waals surface area contributed by atoms with Crippen LogP contribution in [0.4, 0.5) is 0 Å². The second-order valence-electron chi connectivity index (χ2n) is 6.44. The van der Waals surface area contributed by atoms with E-state index >= 15 is 0 Å². The minimum atomic E-state index is 0. The van der Waals surface area contributed by atoms with Crippen LogP contribution in [0, 0.1) is 0 Å². The Labute approximate surface area is 210 Å². The normalized spacial score (nSPS) is 10.6. The van der Waals surface area contributed by atoms with E-state index in [4.69, 9.17) is 0 Å². The number of H-pyrrole nitrogens is 2. The molecule has 0 spiro atoms. The zero-order valence-corrected chi connectivity index (χ0v) is 20.7. The number of aromatic amines is 2. The number of nitrogens with one attached hydrogen (secondary N) is 2. The minimum absolute atomic E-state index is 0. The van der Waals surface area contributed by atoms with Crippen molar-refractivity contribution in [2.45, 2.75) is 13.1 Å². The molecule has 0 amide bonds. The fraction of sp³-hybridized carbons (Fsp3) is 0.0833. The molecule has 4 nitrogen and oxygen atoms in total. The molecule has 0 bridgehead atoms. The van der Waals surface area contributed by atoms with Crippen molar-refractivity contribution in [2.24, 2.45) is 9.98 Å². The third-order valence-corrected chi connectivity index (χ3v) is 5.14. The second-order valence-corrected chi connectivity index (χ2v) is 8.27. The van der Waals surface area contributed by atoms with Crippen molar-refractivity contribution in [2.75, 3.05) is 0 Å². The molecule has 1 radical (unpaired) electrons. The number of benzene rings is 2. The first-order valence-electron chi connectivity index (χ1n) is 9.44. The molecule has 31 heavy (non-hydrogen) atoms. The third-order valence-electron chi connectivity index (χ3n) is 4.08. The molecule has 2 N–H and O–H groups in total. The summed E-state index contributed by atoms with van der Waals surface area (Å²) in [6, 6.07) is 24.3. The Balaban J connectivity index is 0.000000213. The zero-order valence-electron chi connectivity index (χ0n) is 16.6. The van der Waals surface area contributed by atoms with Crippen LogP contribution < -0.4 is 0 Å². The van der Waals surface area contributed by atoms with Crippen molar-refractivity contribution < 1.29 is 17.1 Å². The van der Waals surface area contributed by atoms with E-state index < -0.39 is 0 Å².